The summed E-state index contributed by atoms with van der Waals surface area (Å²) < 4.78 is 10.6. The monoisotopic (exact) mass is 376 g/mol. The Hall–Kier alpha value is -3.21. The summed E-state index contributed by atoms with van der Waals surface area (Å²) in [6.07, 6.45) is 1.95. The third-order valence-corrected chi connectivity index (χ3v) is 5.30. The summed E-state index contributed by atoms with van der Waals surface area (Å²) in [7, 11) is 3.19. The molecule has 0 aromatic heterocycles. The number of rotatable bonds is 4. The van der Waals surface area contributed by atoms with E-state index in [1.54, 1.807) is 32.4 Å². The maximum atomic E-state index is 13.1. The molecule has 5 nitrogen and oxygen atoms in total. The zero-order chi connectivity index (χ0) is 19.5. The number of anilines is 1. The lowest BCUT2D eigenvalue weighted by molar-refractivity contribution is 0.207. The lowest BCUT2D eigenvalue weighted by atomic mass is 9.97. The average molecular weight is 376 g/mol. The third kappa shape index (κ3) is 3.48. The van der Waals surface area contributed by atoms with Gasteiger partial charge >= 0.3 is 6.03 Å². The first-order valence-corrected chi connectivity index (χ1v) is 9.48. The van der Waals surface area contributed by atoms with E-state index in [-0.39, 0.29) is 12.1 Å². The second-order valence-corrected chi connectivity index (χ2v) is 6.95. The van der Waals surface area contributed by atoms with Gasteiger partial charge in [0.05, 0.1) is 20.3 Å². The summed E-state index contributed by atoms with van der Waals surface area (Å²) in [5, 5.41) is 5.41. The average Bonchev–Trinajstić information content (AvgIpc) is 3.22. The number of nitrogens with one attached hydrogen (secondary N) is 1. The van der Waals surface area contributed by atoms with Crippen LogP contribution < -0.4 is 14.8 Å². The van der Waals surface area contributed by atoms with Gasteiger partial charge in [-0.2, -0.15) is 0 Å². The van der Waals surface area contributed by atoms with Crippen LogP contribution in [0.5, 0.6) is 11.5 Å². The highest BCUT2D eigenvalue weighted by Gasteiger charge is 2.31. The van der Waals surface area contributed by atoms with E-state index in [1.807, 2.05) is 17.0 Å². The second-order valence-electron chi connectivity index (χ2n) is 6.95. The van der Waals surface area contributed by atoms with Gasteiger partial charge in [0.15, 0.2) is 0 Å². The van der Waals surface area contributed by atoms with Crippen LogP contribution in [0.25, 0.3) is 10.8 Å². The van der Waals surface area contributed by atoms with Crippen molar-refractivity contribution in [2.24, 2.45) is 0 Å². The summed E-state index contributed by atoms with van der Waals surface area (Å²) in [6, 6.07) is 20.0. The Morgan fingerprint density at radius 2 is 1.71 bits per heavy atom. The van der Waals surface area contributed by atoms with Crippen LogP contribution in [0.4, 0.5) is 10.5 Å². The minimum Gasteiger partial charge on any atom is -0.497 e. The van der Waals surface area contributed by atoms with E-state index in [1.165, 1.54) is 16.3 Å². The number of carbonyl (C=O) groups excluding carboxylic acids is 1. The Kier molecular flexibility index (Phi) is 5.06. The highest BCUT2D eigenvalue weighted by atomic mass is 16.5. The fraction of sp³-hybridized carbons (Fsp3) is 0.261. The Labute approximate surface area is 164 Å². The van der Waals surface area contributed by atoms with Crippen molar-refractivity contribution in [3.8, 4) is 11.5 Å². The van der Waals surface area contributed by atoms with Crippen molar-refractivity contribution in [2.75, 3.05) is 26.1 Å². The van der Waals surface area contributed by atoms with E-state index >= 15 is 0 Å². The van der Waals surface area contributed by atoms with E-state index in [2.05, 4.69) is 35.6 Å². The van der Waals surface area contributed by atoms with Crippen molar-refractivity contribution < 1.29 is 14.3 Å². The first kappa shape index (κ1) is 18.2. The van der Waals surface area contributed by atoms with Crippen molar-refractivity contribution in [2.45, 2.75) is 18.9 Å². The number of nitrogens with zero attached hydrogens (tertiary/aromatic N) is 1. The van der Waals surface area contributed by atoms with Gasteiger partial charge in [0.1, 0.15) is 11.5 Å². The molecular weight excluding hydrogens is 352 g/mol. The summed E-state index contributed by atoms with van der Waals surface area (Å²) in [5.74, 6) is 1.28. The number of hydrogen-bond acceptors (Lipinski definition) is 3. The zero-order valence-electron chi connectivity index (χ0n) is 16.1. The molecule has 0 bridgehead atoms. The lowest BCUT2D eigenvalue weighted by Crippen LogP contribution is -2.34. The number of urea groups is 1. The first-order chi connectivity index (χ1) is 13.7. The summed E-state index contributed by atoms with van der Waals surface area (Å²) >= 11 is 0. The number of benzene rings is 3. The van der Waals surface area contributed by atoms with Gasteiger partial charge in [-0.25, -0.2) is 4.79 Å². The first-order valence-electron chi connectivity index (χ1n) is 9.48. The molecule has 4 rings (SSSR count). The van der Waals surface area contributed by atoms with E-state index in [0.717, 1.165) is 19.4 Å². The smallest absolute Gasteiger partial charge is 0.322 e. The Morgan fingerprint density at radius 3 is 2.46 bits per heavy atom. The predicted molar refractivity (Wildman–Crippen MR) is 111 cm³/mol. The predicted octanol–water partition coefficient (Wildman–Crippen LogP) is 5.23. The highest BCUT2D eigenvalue weighted by Crippen LogP contribution is 2.36. The van der Waals surface area contributed by atoms with E-state index < -0.39 is 0 Å². The van der Waals surface area contributed by atoms with Crippen LogP contribution in [0.15, 0.2) is 60.7 Å². The second kappa shape index (κ2) is 7.80. The molecule has 1 heterocycles. The molecule has 0 unspecified atom stereocenters. The molecule has 1 fully saturated rings. The standard InChI is InChI=1S/C23H24N2O3/c1-27-18-13-17(14-19(15-18)28-2)24-23(26)25-12-6-11-22(25)21-10-5-8-16-7-3-4-9-20(16)21/h3-5,7-10,13-15,22H,6,11-12H2,1-2H3,(H,24,26)/t22-/m0/s1. The van der Waals surface area contributed by atoms with Gasteiger partial charge < -0.3 is 19.7 Å². The molecule has 1 aliphatic rings. The Morgan fingerprint density at radius 1 is 1.00 bits per heavy atom. The van der Waals surface area contributed by atoms with Crippen molar-refractivity contribution >= 4 is 22.5 Å². The number of amides is 2. The summed E-state index contributed by atoms with van der Waals surface area (Å²) in [6.45, 7) is 0.737. The number of carbonyl (C=O) groups is 1. The van der Waals surface area contributed by atoms with Crippen LogP contribution in [0.1, 0.15) is 24.4 Å². The fourth-order valence-electron chi connectivity index (χ4n) is 3.95. The van der Waals surface area contributed by atoms with Gasteiger partial charge in [0.2, 0.25) is 0 Å². The van der Waals surface area contributed by atoms with Gasteiger partial charge in [-0.05, 0) is 29.2 Å². The molecule has 1 N–H and O–H groups in total. The topological polar surface area (TPSA) is 50.8 Å². The Balaban J connectivity index is 1.61. The molecule has 0 aliphatic carbocycles. The minimum atomic E-state index is -0.106. The Bertz CT molecular complexity index is 975. The van der Waals surface area contributed by atoms with Gasteiger partial charge in [0, 0.05) is 30.4 Å². The van der Waals surface area contributed by atoms with Gasteiger partial charge in [-0.3, -0.25) is 0 Å². The SMILES string of the molecule is COc1cc(NC(=O)N2CCC[C@H]2c2cccc3ccccc23)cc(OC)c1. The molecule has 5 heteroatoms. The van der Waals surface area contributed by atoms with Gasteiger partial charge in [-0.1, -0.05) is 42.5 Å². The number of methoxy groups -OCH3 is 2. The van der Waals surface area contributed by atoms with Gasteiger partial charge in [-0.15, -0.1) is 0 Å². The van der Waals surface area contributed by atoms with Crippen LogP contribution in [0.3, 0.4) is 0 Å². The summed E-state index contributed by atoms with van der Waals surface area (Å²) in [5.41, 5.74) is 1.86. The lowest BCUT2D eigenvalue weighted by Gasteiger charge is -2.26. The molecule has 144 valence electrons. The van der Waals surface area contributed by atoms with Crippen LogP contribution in [-0.2, 0) is 0 Å². The van der Waals surface area contributed by atoms with Crippen molar-refractivity contribution in [3.63, 3.8) is 0 Å². The van der Waals surface area contributed by atoms with E-state index in [9.17, 15) is 4.79 Å². The van der Waals surface area contributed by atoms with Crippen LogP contribution in [0, 0.1) is 0 Å². The van der Waals surface area contributed by atoms with Crippen LogP contribution in [-0.4, -0.2) is 31.7 Å². The molecule has 1 saturated heterocycles. The molecule has 1 aliphatic heterocycles. The number of likely N-dealkylation sites (tertiary alicyclic amines) is 1. The van der Waals surface area contributed by atoms with Crippen molar-refractivity contribution in [3.05, 3.63) is 66.2 Å². The number of hydrogen-bond donors (Lipinski definition) is 1. The molecule has 0 radical (unpaired) electrons. The molecule has 2 amide bonds. The molecule has 1 atom stereocenters. The quantitative estimate of drug-likeness (QED) is 0.679. The van der Waals surface area contributed by atoms with Crippen molar-refractivity contribution in [1.82, 2.24) is 4.90 Å². The molecule has 0 saturated carbocycles. The van der Waals surface area contributed by atoms with Crippen LogP contribution in [0.2, 0.25) is 0 Å². The van der Waals surface area contributed by atoms with E-state index in [0.29, 0.717) is 17.2 Å². The van der Waals surface area contributed by atoms with Gasteiger partial charge in [0.25, 0.3) is 0 Å². The van der Waals surface area contributed by atoms with Crippen LogP contribution >= 0.6 is 0 Å². The highest BCUT2D eigenvalue weighted by molar-refractivity contribution is 5.91. The zero-order valence-corrected chi connectivity index (χ0v) is 16.1. The molecule has 3 aromatic rings. The molecular formula is C23H24N2O3. The molecule has 0 spiro atoms. The maximum Gasteiger partial charge on any atom is 0.322 e. The number of fused-ring (bicyclic) bond motifs is 1. The number of ether oxygens (including phenoxy) is 2. The van der Waals surface area contributed by atoms with Crippen molar-refractivity contribution in [1.29, 1.82) is 0 Å². The maximum absolute atomic E-state index is 13.1. The third-order valence-electron chi connectivity index (χ3n) is 5.30. The molecule has 28 heavy (non-hydrogen) atoms. The minimum absolute atomic E-state index is 0.0682. The normalized spacial score (nSPS) is 16.2. The largest absolute Gasteiger partial charge is 0.497 e. The molecule has 3 aromatic carbocycles. The van der Waals surface area contributed by atoms with E-state index in [4.69, 9.17) is 9.47 Å². The summed E-state index contributed by atoms with van der Waals surface area (Å²) in [4.78, 5) is 15.0. The fourth-order valence-corrected chi connectivity index (χ4v) is 3.95.